The Morgan fingerprint density at radius 2 is 1.67 bits per heavy atom. The van der Waals surface area contributed by atoms with Crippen LogP contribution in [0.2, 0.25) is 0 Å². The van der Waals surface area contributed by atoms with Crippen LogP contribution in [0.25, 0.3) is 0 Å². The van der Waals surface area contributed by atoms with Crippen molar-refractivity contribution < 1.29 is 27.5 Å². The van der Waals surface area contributed by atoms with Crippen LogP contribution in [0.5, 0.6) is 0 Å². The van der Waals surface area contributed by atoms with Gasteiger partial charge in [0.15, 0.2) is 0 Å². The van der Waals surface area contributed by atoms with Crippen LogP contribution in [0.15, 0.2) is 24.3 Å². The molecule has 6 heteroatoms. The van der Waals surface area contributed by atoms with E-state index in [2.05, 4.69) is 0 Å². The van der Waals surface area contributed by atoms with Gasteiger partial charge in [-0.25, -0.2) is 13.6 Å². The summed E-state index contributed by atoms with van der Waals surface area (Å²) in [6.07, 6.45) is -3.81. The number of aromatic carboxylic acids is 1. The van der Waals surface area contributed by atoms with Crippen LogP contribution in [0.3, 0.4) is 0 Å². The molecule has 0 aromatic heterocycles. The van der Waals surface area contributed by atoms with Crippen LogP contribution in [-0.4, -0.2) is 17.5 Å². The summed E-state index contributed by atoms with van der Waals surface area (Å²) in [7, 11) is 0. The van der Waals surface area contributed by atoms with E-state index in [9.17, 15) is 22.4 Å². The minimum atomic E-state index is -4.25. The van der Waals surface area contributed by atoms with Gasteiger partial charge in [0.25, 0.3) is 0 Å². The molecule has 15 heavy (non-hydrogen) atoms. The lowest BCUT2D eigenvalue weighted by molar-refractivity contribution is -0.135. The first-order valence-corrected chi connectivity index (χ1v) is 3.85. The van der Waals surface area contributed by atoms with E-state index >= 15 is 0 Å². The first-order chi connectivity index (χ1) is 6.85. The molecule has 0 aliphatic heterocycles. The lowest BCUT2D eigenvalue weighted by atomic mass is 10.1. The highest BCUT2D eigenvalue weighted by molar-refractivity contribution is 5.87. The first kappa shape index (κ1) is 11.5. The molecule has 0 bridgehead atoms. The van der Waals surface area contributed by atoms with Crippen molar-refractivity contribution in [3.8, 4) is 0 Å². The van der Waals surface area contributed by atoms with Crippen LogP contribution >= 0.6 is 0 Å². The summed E-state index contributed by atoms with van der Waals surface area (Å²) in [6, 6.07) is 3.06. The van der Waals surface area contributed by atoms with Crippen molar-refractivity contribution in [1.29, 1.82) is 0 Å². The van der Waals surface area contributed by atoms with Crippen LogP contribution in [-0.2, 0) is 5.92 Å². The minimum absolute atomic E-state index is 0.233. The summed E-state index contributed by atoms with van der Waals surface area (Å²) in [4.78, 5) is 10.4. The third-order valence-electron chi connectivity index (χ3n) is 1.79. The molecule has 0 saturated heterocycles. The number of alkyl halides is 4. The number of hydrogen-bond acceptors (Lipinski definition) is 1. The SMILES string of the molecule is O=C(O)c1ccc(C(F)(F)C(F)F)cc1. The van der Waals surface area contributed by atoms with Gasteiger partial charge in [0, 0.05) is 5.56 Å². The standard InChI is InChI=1S/C9H6F4O2/c10-8(11)9(12,13)6-3-1-5(2-4-6)7(14)15/h1-4,8H,(H,14,15). The highest BCUT2D eigenvalue weighted by Crippen LogP contribution is 2.34. The molecule has 0 spiro atoms. The van der Waals surface area contributed by atoms with E-state index in [4.69, 9.17) is 5.11 Å². The highest BCUT2D eigenvalue weighted by atomic mass is 19.3. The zero-order valence-corrected chi connectivity index (χ0v) is 7.25. The maximum absolute atomic E-state index is 12.7. The lowest BCUT2D eigenvalue weighted by Gasteiger charge is -2.15. The first-order valence-electron chi connectivity index (χ1n) is 3.85. The summed E-state index contributed by atoms with van der Waals surface area (Å²) in [5, 5.41) is 8.45. The Balaban J connectivity index is 3.04. The van der Waals surface area contributed by atoms with Crippen molar-refractivity contribution in [2.24, 2.45) is 0 Å². The van der Waals surface area contributed by atoms with E-state index in [0.29, 0.717) is 12.1 Å². The highest BCUT2D eigenvalue weighted by Gasteiger charge is 2.42. The van der Waals surface area contributed by atoms with Gasteiger partial charge in [0.05, 0.1) is 5.56 Å². The van der Waals surface area contributed by atoms with Gasteiger partial charge in [-0.1, -0.05) is 12.1 Å². The number of carboxylic acids is 1. The van der Waals surface area contributed by atoms with Crippen LogP contribution < -0.4 is 0 Å². The topological polar surface area (TPSA) is 37.3 Å². The zero-order valence-electron chi connectivity index (χ0n) is 7.25. The van der Waals surface area contributed by atoms with Crippen LogP contribution in [0, 0.1) is 0 Å². The number of rotatable bonds is 3. The van der Waals surface area contributed by atoms with Gasteiger partial charge in [0.2, 0.25) is 0 Å². The fourth-order valence-electron chi connectivity index (χ4n) is 0.961. The smallest absolute Gasteiger partial charge is 0.335 e. The molecule has 0 atom stereocenters. The molecule has 0 radical (unpaired) electrons. The monoisotopic (exact) mass is 222 g/mol. The molecule has 82 valence electrons. The predicted molar refractivity (Wildman–Crippen MR) is 43.3 cm³/mol. The molecule has 0 unspecified atom stereocenters. The molecule has 1 rings (SSSR count). The summed E-state index contributed by atoms with van der Waals surface area (Å²) in [5.41, 5.74) is -1.13. The van der Waals surface area contributed by atoms with Gasteiger partial charge >= 0.3 is 18.3 Å². The third kappa shape index (κ3) is 2.26. The Bertz CT molecular complexity index is 359. The number of benzene rings is 1. The van der Waals surface area contributed by atoms with E-state index in [-0.39, 0.29) is 5.56 Å². The third-order valence-corrected chi connectivity index (χ3v) is 1.79. The zero-order chi connectivity index (χ0) is 11.6. The van der Waals surface area contributed by atoms with Crippen molar-refractivity contribution in [2.45, 2.75) is 12.3 Å². The molecule has 0 aliphatic rings. The van der Waals surface area contributed by atoms with Gasteiger partial charge in [-0.05, 0) is 12.1 Å². The van der Waals surface area contributed by atoms with Crippen molar-refractivity contribution >= 4 is 5.97 Å². The molecular weight excluding hydrogens is 216 g/mol. The Hall–Kier alpha value is -1.59. The Morgan fingerprint density at radius 3 is 2.00 bits per heavy atom. The van der Waals surface area contributed by atoms with Crippen molar-refractivity contribution in [3.05, 3.63) is 35.4 Å². The molecular formula is C9H6F4O2. The molecule has 0 saturated carbocycles. The van der Waals surface area contributed by atoms with E-state index < -0.39 is 23.9 Å². The maximum Gasteiger partial charge on any atom is 0.335 e. The molecule has 0 fully saturated rings. The second-order valence-corrected chi connectivity index (χ2v) is 2.81. The van der Waals surface area contributed by atoms with Gasteiger partial charge < -0.3 is 5.11 Å². The molecule has 0 aliphatic carbocycles. The molecule has 1 aromatic carbocycles. The summed E-state index contributed by atoms with van der Waals surface area (Å²) < 4.78 is 49.2. The molecule has 1 aromatic rings. The molecule has 2 nitrogen and oxygen atoms in total. The van der Waals surface area contributed by atoms with Crippen LogP contribution in [0.1, 0.15) is 15.9 Å². The van der Waals surface area contributed by atoms with Gasteiger partial charge in [-0.3, -0.25) is 0 Å². The molecule has 0 heterocycles. The van der Waals surface area contributed by atoms with Crippen LogP contribution in [0.4, 0.5) is 17.6 Å². The fraction of sp³-hybridized carbons (Fsp3) is 0.222. The lowest BCUT2D eigenvalue weighted by Crippen LogP contribution is -2.23. The van der Waals surface area contributed by atoms with E-state index in [0.717, 1.165) is 12.1 Å². The van der Waals surface area contributed by atoms with Gasteiger partial charge in [-0.2, -0.15) is 8.78 Å². The van der Waals surface area contributed by atoms with Gasteiger partial charge in [0.1, 0.15) is 0 Å². The molecule has 1 N–H and O–H groups in total. The average molecular weight is 222 g/mol. The normalized spacial score (nSPS) is 11.8. The second-order valence-electron chi connectivity index (χ2n) is 2.81. The number of carboxylic acid groups (broad SMARTS) is 1. The van der Waals surface area contributed by atoms with Crippen molar-refractivity contribution in [3.63, 3.8) is 0 Å². The average Bonchev–Trinajstić information content (AvgIpc) is 2.17. The number of halogens is 4. The number of hydrogen-bond donors (Lipinski definition) is 1. The fourth-order valence-corrected chi connectivity index (χ4v) is 0.961. The van der Waals surface area contributed by atoms with Crippen molar-refractivity contribution in [1.82, 2.24) is 0 Å². The van der Waals surface area contributed by atoms with E-state index in [1.54, 1.807) is 0 Å². The number of carbonyl (C=O) groups is 1. The Labute approximate surface area is 82.1 Å². The Morgan fingerprint density at radius 1 is 1.20 bits per heavy atom. The Kier molecular flexibility index (Phi) is 2.97. The summed E-state index contributed by atoms with van der Waals surface area (Å²) >= 11 is 0. The van der Waals surface area contributed by atoms with E-state index in [1.807, 2.05) is 0 Å². The largest absolute Gasteiger partial charge is 0.478 e. The minimum Gasteiger partial charge on any atom is -0.478 e. The summed E-state index contributed by atoms with van der Waals surface area (Å²) in [5.74, 6) is -5.56. The second kappa shape index (κ2) is 3.88. The maximum atomic E-state index is 12.7. The van der Waals surface area contributed by atoms with Crippen molar-refractivity contribution in [2.75, 3.05) is 0 Å². The quantitative estimate of drug-likeness (QED) is 0.798. The summed E-state index contributed by atoms with van der Waals surface area (Å²) in [6.45, 7) is 0. The molecule has 0 amide bonds. The van der Waals surface area contributed by atoms with E-state index in [1.165, 1.54) is 0 Å². The predicted octanol–water partition coefficient (Wildman–Crippen LogP) is 2.74. The van der Waals surface area contributed by atoms with Gasteiger partial charge in [-0.15, -0.1) is 0 Å².